The first-order chi connectivity index (χ1) is 18.3. The Kier molecular flexibility index (Phi) is 10.4. The highest BCUT2D eigenvalue weighted by atomic mass is 28.3. The number of imidazole rings is 1. The van der Waals surface area contributed by atoms with Crippen LogP contribution in [0.3, 0.4) is 0 Å². The summed E-state index contributed by atoms with van der Waals surface area (Å²) >= 11 is 0. The van der Waals surface area contributed by atoms with Crippen LogP contribution in [0.2, 0.25) is 0 Å². The van der Waals surface area contributed by atoms with E-state index in [1.165, 1.54) is 90.9 Å². The van der Waals surface area contributed by atoms with Crippen molar-refractivity contribution >= 4 is 23.6 Å². The van der Waals surface area contributed by atoms with Crippen LogP contribution in [-0.4, -0.2) is 17.6 Å². The van der Waals surface area contributed by atoms with E-state index < -0.39 is 8.07 Å². The van der Waals surface area contributed by atoms with Crippen molar-refractivity contribution in [2.24, 2.45) is 0 Å². The highest BCUT2D eigenvalue weighted by molar-refractivity contribution is 7.10. The van der Waals surface area contributed by atoms with Crippen molar-refractivity contribution in [1.29, 1.82) is 0 Å². The smallest absolute Gasteiger partial charge is 0.168 e. The summed E-state index contributed by atoms with van der Waals surface area (Å²) in [5, 5.41) is 4.40. The van der Waals surface area contributed by atoms with Crippen molar-refractivity contribution < 1.29 is 0 Å². The number of hydrogen-bond acceptors (Lipinski definition) is 1. The highest BCUT2D eigenvalue weighted by Gasteiger charge is 2.39. The normalized spacial score (nSPS) is 11.6. The minimum Gasteiger partial charge on any atom is -0.339 e. The molecule has 0 unspecified atom stereocenters. The zero-order chi connectivity index (χ0) is 25.8. The Morgan fingerprint density at radius 1 is 0.595 bits per heavy atom. The van der Waals surface area contributed by atoms with Gasteiger partial charge >= 0.3 is 0 Å². The summed E-state index contributed by atoms with van der Waals surface area (Å²) in [7, 11) is -2.34. The van der Waals surface area contributed by atoms with Crippen molar-refractivity contribution in [3.8, 4) is 0 Å². The van der Waals surface area contributed by atoms with Crippen LogP contribution in [0.5, 0.6) is 0 Å². The molecule has 0 aliphatic rings. The van der Waals surface area contributed by atoms with Gasteiger partial charge in [-0.15, -0.1) is 0 Å². The molecule has 0 atom stereocenters. The first kappa shape index (κ1) is 27.1. The summed E-state index contributed by atoms with van der Waals surface area (Å²) in [5.74, 6) is 0. The SMILES string of the molecule is CCCCCCc1ccc([Si](Cn2ccnc2)(c2ccccc2)c2ccc(CCCCCC)cc2)cc1. The predicted molar refractivity (Wildman–Crippen MR) is 162 cm³/mol. The summed E-state index contributed by atoms with van der Waals surface area (Å²) in [4.78, 5) is 4.40. The molecule has 1 aromatic heterocycles. The number of aromatic nitrogens is 2. The lowest BCUT2D eigenvalue weighted by molar-refractivity contribution is 0.667. The Balaban J connectivity index is 1.71. The maximum Gasteiger partial charge on any atom is 0.168 e. The quantitative estimate of drug-likeness (QED) is 0.0976. The van der Waals surface area contributed by atoms with Gasteiger partial charge in [0.2, 0.25) is 0 Å². The second kappa shape index (κ2) is 14.1. The van der Waals surface area contributed by atoms with Crippen molar-refractivity contribution in [3.63, 3.8) is 0 Å². The maximum absolute atomic E-state index is 4.40. The van der Waals surface area contributed by atoms with Crippen LogP contribution in [0.25, 0.3) is 0 Å². The Bertz CT molecular complexity index is 1090. The fourth-order valence-corrected chi connectivity index (χ4v) is 10.1. The fraction of sp³-hybridized carbons (Fsp3) is 0.382. The van der Waals surface area contributed by atoms with Crippen molar-refractivity contribution in [1.82, 2.24) is 9.55 Å². The molecule has 0 N–H and O–H groups in total. The number of unbranched alkanes of at least 4 members (excludes halogenated alkanes) is 6. The molecule has 0 aliphatic carbocycles. The average molecular weight is 509 g/mol. The zero-order valence-electron chi connectivity index (χ0n) is 22.9. The Labute approximate surface area is 225 Å². The molecule has 0 saturated heterocycles. The molecule has 0 fully saturated rings. The topological polar surface area (TPSA) is 17.8 Å². The highest BCUT2D eigenvalue weighted by Crippen LogP contribution is 2.15. The van der Waals surface area contributed by atoms with Crippen LogP contribution in [0, 0.1) is 0 Å². The lowest BCUT2D eigenvalue weighted by Gasteiger charge is -2.34. The third-order valence-electron chi connectivity index (χ3n) is 7.78. The minimum absolute atomic E-state index is 0.947. The molecule has 4 rings (SSSR count). The third-order valence-corrected chi connectivity index (χ3v) is 12.6. The van der Waals surface area contributed by atoms with Gasteiger partial charge in [-0.2, -0.15) is 0 Å². The van der Waals surface area contributed by atoms with E-state index in [-0.39, 0.29) is 0 Å². The van der Waals surface area contributed by atoms with E-state index in [1.807, 2.05) is 12.5 Å². The number of aryl methyl sites for hydroxylation is 2. The van der Waals surface area contributed by atoms with Gasteiger partial charge in [0.15, 0.2) is 8.07 Å². The van der Waals surface area contributed by atoms with Gasteiger partial charge in [0.05, 0.1) is 6.33 Å². The van der Waals surface area contributed by atoms with Crippen LogP contribution < -0.4 is 15.6 Å². The number of rotatable bonds is 15. The van der Waals surface area contributed by atoms with Gasteiger partial charge in [-0.05, 0) is 52.4 Å². The Morgan fingerprint density at radius 2 is 1.11 bits per heavy atom. The lowest BCUT2D eigenvalue weighted by atomic mass is 10.1. The van der Waals surface area contributed by atoms with E-state index in [0.29, 0.717) is 0 Å². The van der Waals surface area contributed by atoms with Crippen molar-refractivity contribution in [3.05, 3.63) is 109 Å². The standard InChI is InChI=1S/C34H44N2Si/c1-3-5-7-10-14-30-18-22-33(23-19-30)37(29-36-27-26-35-28-36,32-16-12-9-13-17-32)34-24-20-31(21-25-34)15-11-8-6-4-2/h9,12-13,16-28H,3-8,10-11,14-15,29H2,1-2H3. The first-order valence-corrected chi connectivity index (χ1v) is 16.7. The van der Waals surface area contributed by atoms with Gasteiger partial charge in [0, 0.05) is 18.6 Å². The molecule has 0 aliphatic heterocycles. The van der Waals surface area contributed by atoms with Crippen molar-refractivity contribution in [2.45, 2.75) is 84.2 Å². The molecule has 2 nitrogen and oxygen atoms in total. The van der Waals surface area contributed by atoms with E-state index in [1.54, 1.807) is 0 Å². The molecule has 4 aromatic rings. The molecular formula is C34H44N2Si. The van der Waals surface area contributed by atoms with Gasteiger partial charge < -0.3 is 4.57 Å². The van der Waals surface area contributed by atoms with Crippen LogP contribution in [0.15, 0.2) is 97.6 Å². The van der Waals surface area contributed by atoms with Crippen LogP contribution >= 0.6 is 0 Å². The maximum atomic E-state index is 4.40. The minimum atomic E-state index is -2.34. The van der Waals surface area contributed by atoms with Crippen LogP contribution in [0.4, 0.5) is 0 Å². The molecule has 3 heteroatoms. The van der Waals surface area contributed by atoms with Crippen molar-refractivity contribution in [2.75, 3.05) is 0 Å². The molecule has 0 spiro atoms. The molecule has 0 bridgehead atoms. The number of benzene rings is 3. The summed E-state index contributed by atoms with van der Waals surface area (Å²) < 4.78 is 2.29. The summed E-state index contributed by atoms with van der Waals surface area (Å²) in [6.45, 7) is 4.56. The van der Waals surface area contributed by atoms with Crippen LogP contribution in [-0.2, 0) is 19.0 Å². The van der Waals surface area contributed by atoms with Crippen LogP contribution in [0.1, 0.15) is 76.3 Å². The molecule has 3 aromatic carbocycles. The molecule has 0 saturated carbocycles. The lowest BCUT2D eigenvalue weighted by Crippen LogP contribution is -2.69. The molecule has 0 radical (unpaired) electrons. The first-order valence-electron chi connectivity index (χ1n) is 14.5. The fourth-order valence-electron chi connectivity index (χ4n) is 5.57. The average Bonchev–Trinajstić information content (AvgIpc) is 3.47. The Hall–Kier alpha value is -2.91. The Morgan fingerprint density at radius 3 is 1.57 bits per heavy atom. The molecular weight excluding hydrogens is 464 g/mol. The van der Waals surface area contributed by atoms with E-state index in [0.717, 1.165) is 6.17 Å². The van der Waals surface area contributed by atoms with E-state index in [4.69, 9.17) is 0 Å². The molecule has 194 valence electrons. The van der Waals surface area contributed by atoms with Gasteiger partial charge in [0.1, 0.15) is 0 Å². The third kappa shape index (κ3) is 7.10. The number of hydrogen-bond donors (Lipinski definition) is 0. The van der Waals surface area contributed by atoms with E-state index >= 15 is 0 Å². The molecule has 37 heavy (non-hydrogen) atoms. The molecule has 1 heterocycles. The second-order valence-corrected chi connectivity index (χ2v) is 14.4. The van der Waals surface area contributed by atoms with E-state index in [9.17, 15) is 0 Å². The van der Waals surface area contributed by atoms with E-state index in [2.05, 4.69) is 108 Å². The van der Waals surface area contributed by atoms with Gasteiger partial charge in [-0.25, -0.2) is 4.98 Å². The van der Waals surface area contributed by atoms with Gasteiger partial charge in [-0.1, -0.05) is 131 Å². The predicted octanol–water partition coefficient (Wildman–Crippen LogP) is 6.84. The molecule has 0 amide bonds. The monoisotopic (exact) mass is 508 g/mol. The summed E-state index contributed by atoms with van der Waals surface area (Å²) in [5.41, 5.74) is 2.92. The summed E-state index contributed by atoms with van der Waals surface area (Å²) in [6, 6.07) is 30.5. The second-order valence-electron chi connectivity index (χ2n) is 10.5. The van der Waals surface area contributed by atoms with Gasteiger partial charge in [-0.3, -0.25) is 0 Å². The van der Waals surface area contributed by atoms with Gasteiger partial charge in [0.25, 0.3) is 0 Å². The summed E-state index contributed by atoms with van der Waals surface area (Å²) in [6.07, 6.45) is 19.8. The largest absolute Gasteiger partial charge is 0.339 e. The number of nitrogens with zero attached hydrogens (tertiary/aromatic N) is 2. The zero-order valence-corrected chi connectivity index (χ0v) is 23.9.